The lowest BCUT2D eigenvalue weighted by Gasteiger charge is -2.33. The summed E-state index contributed by atoms with van der Waals surface area (Å²) in [6.07, 6.45) is 6.67. The van der Waals surface area contributed by atoms with E-state index in [1.807, 2.05) is 11.9 Å². The SMILES string of the molecule is CN(C(=O)CSc1ncccn1)C1CCCc2ccccc21. The smallest absolute Gasteiger partial charge is 0.233 e. The Hall–Kier alpha value is -1.88. The number of amides is 1. The van der Waals surface area contributed by atoms with Crippen LogP contribution >= 0.6 is 11.8 Å². The number of hydrogen-bond acceptors (Lipinski definition) is 4. The summed E-state index contributed by atoms with van der Waals surface area (Å²) in [7, 11) is 1.90. The Morgan fingerprint density at radius 1 is 1.27 bits per heavy atom. The summed E-state index contributed by atoms with van der Waals surface area (Å²) in [5.74, 6) is 0.498. The van der Waals surface area contributed by atoms with E-state index in [9.17, 15) is 4.79 Å². The Morgan fingerprint density at radius 2 is 2.05 bits per heavy atom. The van der Waals surface area contributed by atoms with E-state index in [-0.39, 0.29) is 11.9 Å². The van der Waals surface area contributed by atoms with Crippen molar-refractivity contribution in [2.75, 3.05) is 12.8 Å². The molecule has 0 N–H and O–H groups in total. The number of fused-ring (bicyclic) bond motifs is 1. The Labute approximate surface area is 135 Å². The molecule has 1 aliphatic rings. The number of carbonyl (C=O) groups excluding carboxylic acids is 1. The van der Waals surface area contributed by atoms with E-state index < -0.39 is 0 Å². The molecule has 0 fully saturated rings. The minimum atomic E-state index is 0.124. The number of aromatic nitrogens is 2. The number of rotatable bonds is 4. The molecule has 1 atom stereocenters. The molecule has 1 amide bonds. The van der Waals surface area contributed by atoms with Crippen LogP contribution in [0.2, 0.25) is 0 Å². The maximum absolute atomic E-state index is 12.5. The second kappa shape index (κ2) is 6.92. The van der Waals surface area contributed by atoms with Crippen LogP contribution in [0.1, 0.15) is 30.0 Å². The molecule has 0 bridgehead atoms. The largest absolute Gasteiger partial charge is 0.338 e. The summed E-state index contributed by atoms with van der Waals surface area (Å²) in [6.45, 7) is 0. The van der Waals surface area contributed by atoms with E-state index in [4.69, 9.17) is 0 Å². The zero-order chi connectivity index (χ0) is 15.4. The van der Waals surface area contributed by atoms with E-state index in [0.29, 0.717) is 10.9 Å². The van der Waals surface area contributed by atoms with Gasteiger partial charge in [-0.3, -0.25) is 4.79 Å². The van der Waals surface area contributed by atoms with Crippen LogP contribution in [0.5, 0.6) is 0 Å². The lowest BCUT2D eigenvalue weighted by atomic mass is 9.87. The molecular weight excluding hydrogens is 294 g/mol. The molecule has 1 unspecified atom stereocenters. The molecule has 1 heterocycles. The number of nitrogens with zero attached hydrogens (tertiary/aromatic N) is 3. The molecule has 5 heteroatoms. The number of benzene rings is 1. The lowest BCUT2D eigenvalue weighted by Crippen LogP contribution is -2.34. The third-order valence-corrected chi connectivity index (χ3v) is 4.93. The standard InChI is InChI=1S/C17H19N3OS/c1-20(16(21)12-22-17-18-10-5-11-19-17)15-9-4-7-13-6-2-3-8-14(13)15/h2-3,5-6,8,10-11,15H,4,7,9,12H2,1H3. The number of aryl methyl sites for hydroxylation is 1. The van der Waals surface area contributed by atoms with E-state index in [0.717, 1.165) is 19.3 Å². The molecule has 4 nitrogen and oxygen atoms in total. The van der Waals surface area contributed by atoms with Gasteiger partial charge in [0, 0.05) is 19.4 Å². The summed E-state index contributed by atoms with van der Waals surface area (Å²) in [4.78, 5) is 22.6. The summed E-state index contributed by atoms with van der Waals surface area (Å²) >= 11 is 1.39. The quantitative estimate of drug-likeness (QED) is 0.643. The van der Waals surface area contributed by atoms with Crippen LogP contribution in [0, 0.1) is 0 Å². The molecule has 114 valence electrons. The molecule has 22 heavy (non-hydrogen) atoms. The Balaban J connectivity index is 1.66. The Kier molecular flexibility index (Phi) is 4.73. The molecule has 0 radical (unpaired) electrons. The molecule has 0 saturated heterocycles. The van der Waals surface area contributed by atoms with Crippen LogP contribution < -0.4 is 0 Å². The van der Waals surface area contributed by atoms with Crippen LogP contribution in [0.25, 0.3) is 0 Å². The highest BCUT2D eigenvalue weighted by Crippen LogP contribution is 2.33. The summed E-state index contributed by atoms with van der Waals surface area (Å²) in [5, 5.41) is 0.647. The molecule has 2 aromatic rings. The van der Waals surface area contributed by atoms with Gasteiger partial charge in [-0.25, -0.2) is 9.97 Å². The van der Waals surface area contributed by atoms with Gasteiger partial charge in [0.1, 0.15) is 0 Å². The maximum Gasteiger partial charge on any atom is 0.233 e. The van der Waals surface area contributed by atoms with Gasteiger partial charge in [-0.15, -0.1) is 0 Å². The number of hydrogen-bond donors (Lipinski definition) is 0. The van der Waals surface area contributed by atoms with Crippen molar-refractivity contribution < 1.29 is 4.79 Å². The second-order valence-electron chi connectivity index (χ2n) is 5.43. The average Bonchev–Trinajstić information content (AvgIpc) is 2.59. The molecule has 1 aromatic heterocycles. The Morgan fingerprint density at radius 3 is 2.86 bits per heavy atom. The van der Waals surface area contributed by atoms with Gasteiger partial charge in [0.2, 0.25) is 5.91 Å². The monoisotopic (exact) mass is 313 g/mol. The Bertz CT molecular complexity index is 647. The average molecular weight is 313 g/mol. The normalized spacial score (nSPS) is 16.9. The van der Waals surface area contributed by atoms with E-state index in [1.54, 1.807) is 18.5 Å². The first-order valence-corrected chi connectivity index (χ1v) is 8.47. The van der Waals surface area contributed by atoms with E-state index in [2.05, 4.69) is 34.2 Å². The predicted molar refractivity (Wildman–Crippen MR) is 87.6 cm³/mol. The van der Waals surface area contributed by atoms with Gasteiger partial charge in [-0.1, -0.05) is 36.0 Å². The zero-order valence-corrected chi connectivity index (χ0v) is 13.4. The fourth-order valence-corrected chi connectivity index (χ4v) is 3.62. The van der Waals surface area contributed by atoms with Crippen molar-refractivity contribution in [3.8, 4) is 0 Å². The topological polar surface area (TPSA) is 46.1 Å². The van der Waals surface area contributed by atoms with Crippen molar-refractivity contribution in [2.45, 2.75) is 30.5 Å². The first kappa shape index (κ1) is 15.0. The summed E-state index contributed by atoms with van der Waals surface area (Å²) < 4.78 is 0. The fraction of sp³-hybridized carbons (Fsp3) is 0.353. The second-order valence-corrected chi connectivity index (χ2v) is 6.37. The van der Waals surface area contributed by atoms with Gasteiger partial charge in [0.25, 0.3) is 0 Å². The first-order valence-electron chi connectivity index (χ1n) is 7.49. The predicted octanol–water partition coefficient (Wildman–Crippen LogP) is 3.10. The van der Waals surface area contributed by atoms with Crippen molar-refractivity contribution in [1.29, 1.82) is 0 Å². The highest BCUT2D eigenvalue weighted by atomic mass is 32.2. The third kappa shape index (κ3) is 3.30. The van der Waals surface area contributed by atoms with Gasteiger partial charge >= 0.3 is 0 Å². The van der Waals surface area contributed by atoms with E-state index >= 15 is 0 Å². The molecule has 3 rings (SSSR count). The van der Waals surface area contributed by atoms with Crippen LogP contribution in [-0.4, -0.2) is 33.6 Å². The molecule has 0 spiro atoms. The minimum Gasteiger partial charge on any atom is -0.338 e. The van der Waals surface area contributed by atoms with Crippen LogP contribution in [0.4, 0.5) is 0 Å². The third-order valence-electron chi connectivity index (χ3n) is 4.07. The molecular formula is C17H19N3OS. The number of carbonyl (C=O) groups is 1. The van der Waals surface area contributed by atoms with Gasteiger partial charge in [0.05, 0.1) is 11.8 Å². The van der Waals surface area contributed by atoms with Gasteiger partial charge in [-0.2, -0.15) is 0 Å². The van der Waals surface area contributed by atoms with Gasteiger partial charge in [0.15, 0.2) is 5.16 Å². The fourth-order valence-electron chi connectivity index (χ4n) is 2.89. The zero-order valence-electron chi connectivity index (χ0n) is 12.6. The van der Waals surface area contributed by atoms with Crippen LogP contribution in [0.15, 0.2) is 47.9 Å². The first-order chi connectivity index (χ1) is 10.8. The maximum atomic E-state index is 12.5. The van der Waals surface area contributed by atoms with Gasteiger partial charge in [-0.05, 0) is 36.5 Å². The summed E-state index contributed by atoms with van der Waals surface area (Å²) in [6, 6.07) is 10.4. The number of thioether (sulfide) groups is 1. The molecule has 0 saturated carbocycles. The highest BCUT2D eigenvalue weighted by Gasteiger charge is 2.26. The van der Waals surface area contributed by atoms with Crippen molar-refractivity contribution in [3.63, 3.8) is 0 Å². The van der Waals surface area contributed by atoms with Gasteiger partial charge < -0.3 is 4.90 Å². The van der Waals surface area contributed by atoms with Crippen molar-refractivity contribution in [2.24, 2.45) is 0 Å². The summed E-state index contributed by atoms with van der Waals surface area (Å²) in [5.41, 5.74) is 2.67. The lowest BCUT2D eigenvalue weighted by molar-refractivity contribution is -0.129. The van der Waals surface area contributed by atoms with Crippen LogP contribution in [0.3, 0.4) is 0 Å². The van der Waals surface area contributed by atoms with E-state index in [1.165, 1.54) is 22.9 Å². The molecule has 1 aliphatic carbocycles. The van der Waals surface area contributed by atoms with Crippen molar-refractivity contribution in [1.82, 2.24) is 14.9 Å². The highest BCUT2D eigenvalue weighted by molar-refractivity contribution is 7.99. The van der Waals surface area contributed by atoms with Crippen molar-refractivity contribution in [3.05, 3.63) is 53.9 Å². The minimum absolute atomic E-state index is 0.124. The van der Waals surface area contributed by atoms with Crippen LogP contribution in [-0.2, 0) is 11.2 Å². The molecule has 0 aliphatic heterocycles. The molecule has 1 aromatic carbocycles. The van der Waals surface area contributed by atoms with Crippen molar-refractivity contribution >= 4 is 17.7 Å².